The van der Waals surface area contributed by atoms with Crippen LogP contribution >= 0.6 is 0 Å². The molecule has 2 rings (SSSR count). The van der Waals surface area contributed by atoms with Gasteiger partial charge in [-0.3, -0.25) is 9.11 Å². The molecule has 0 amide bonds. The van der Waals surface area contributed by atoms with Gasteiger partial charge in [0.2, 0.25) is 5.89 Å². The van der Waals surface area contributed by atoms with Crippen LogP contribution in [0, 0.1) is 0 Å². The number of hydrogen-bond acceptors (Lipinski definition) is 4. The van der Waals surface area contributed by atoms with E-state index in [2.05, 4.69) is 37.6 Å². The third kappa shape index (κ3) is 2.83. The van der Waals surface area contributed by atoms with Gasteiger partial charge in [-0.05, 0) is 13.8 Å². The summed E-state index contributed by atoms with van der Waals surface area (Å²) in [6.45, 7) is 9.96. The molecule has 1 aliphatic heterocycles. The Morgan fingerprint density at radius 1 is 1.56 bits per heavy atom. The van der Waals surface area contributed by atoms with Gasteiger partial charge in [0.1, 0.15) is 5.76 Å². The van der Waals surface area contributed by atoms with Gasteiger partial charge in [0.15, 0.2) is 0 Å². The maximum absolute atomic E-state index is 11.7. The first-order valence-electron chi connectivity index (χ1n) is 6.55. The van der Waals surface area contributed by atoms with Gasteiger partial charge in [-0.15, -0.1) is 0 Å². The summed E-state index contributed by atoms with van der Waals surface area (Å²) in [5.41, 5.74) is 0. The van der Waals surface area contributed by atoms with Crippen LogP contribution in [0.3, 0.4) is 0 Å². The lowest BCUT2D eigenvalue weighted by Gasteiger charge is -2.36. The van der Waals surface area contributed by atoms with Crippen LogP contribution in [-0.4, -0.2) is 37.7 Å². The van der Waals surface area contributed by atoms with Crippen LogP contribution in [0.25, 0.3) is 0 Å². The van der Waals surface area contributed by atoms with Crippen LogP contribution in [-0.2, 0) is 17.3 Å². The van der Waals surface area contributed by atoms with Crippen molar-refractivity contribution in [3.8, 4) is 0 Å². The minimum absolute atomic E-state index is 0.221. The highest BCUT2D eigenvalue weighted by Gasteiger charge is 2.30. The van der Waals surface area contributed by atoms with Gasteiger partial charge in [0, 0.05) is 40.3 Å². The Hall–Kier alpha value is -0.680. The zero-order valence-corrected chi connectivity index (χ0v) is 12.4. The van der Waals surface area contributed by atoms with E-state index in [9.17, 15) is 4.21 Å². The molecule has 102 valence electrons. The zero-order valence-electron chi connectivity index (χ0n) is 11.5. The maximum Gasteiger partial charge on any atom is 0.208 e. The summed E-state index contributed by atoms with van der Waals surface area (Å²) in [5, 5.41) is 0.221. The lowest BCUT2D eigenvalue weighted by molar-refractivity contribution is 0.181. The molecule has 1 aromatic rings. The van der Waals surface area contributed by atoms with Gasteiger partial charge in [0.25, 0.3) is 0 Å². The summed E-state index contributed by atoms with van der Waals surface area (Å²) in [5.74, 6) is 2.83. The van der Waals surface area contributed by atoms with Crippen molar-refractivity contribution in [1.29, 1.82) is 0 Å². The molecule has 0 bridgehead atoms. The fourth-order valence-electron chi connectivity index (χ4n) is 2.17. The van der Waals surface area contributed by atoms with E-state index in [0.29, 0.717) is 12.0 Å². The maximum atomic E-state index is 11.7. The normalized spacial score (nSPS) is 29.9. The zero-order chi connectivity index (χ0) is 13.3. The van der Waals surface area contributed by atoms with Crippen molar-refractivity contribution in [3.05, 3.63) is 17.8 Å². The molecular formula is C13H22N2O2S. The minimum Gasteiger partial charge on any atom is -0.444 e. The molecule has 0 radical (unpaired) electrons. The van der Waals surface area contributed by atoms with Crippen molar-refractivity contribution in [1.82, 2.24) is 9.88 Å². The van der Waals surface area contributed by atoms with E-state index in [4.69, 9.17) is 4.42 Å². The standard InChI is InChI=1S/C13H22N2O2S/c1-9(2)12-7-14-13(17-12)8-15-5-6-18(16)11(4)10(15)3/h7,9-11H,5-6,8H2,1-4H3/t10-,11-,18+/m1/s1. The second-order valence-corrected chi connectivity index (χ2v) is 7.23. The number of nitrogens with zero attached hydrogens (tertiary/aromatic N) is 2. The number of rotatable bonds is 3. The summed E-state index contributed by atoms with van der Waals surface area (Å²) in [6, 6.07) is 0.314. The van der Waals surface area contributed by atoms with Gasteiger partial charge >= 0.3 is 0 Å². The highest BCUT2D eigenvalue weighted by Crippen LogP contribution is 2.20. The average Bonchev–Trinajstić information content (AvgIpc) is 2.79. The van der Waals surface area contributed by atoms with Crippen molar-refractivity contribution in [2.45, 2.75) is 51.4 Å². The Bertz CT molecular complexity index is 430. The second-order valence-electron chi connectivity index (χ2n) is 5.31. The first-order chi connectivity index (χ1) is 8.49. The van der Waals surface area contributed by atoms with Gasteiger partial charge in [0.05, 0.1) is 12.7 Å². The fraction of sp³-hybridized carbons (Fsp3) is 0.769. The van der Waals surface area contributed by atoms with Crippen LogP contribution in [0.5, 0.6) is 0 Å². The van der Waals surface area contributed by atoms with Crippen LogP contribution in [0.4, 0.5) is 0 Å². The van der Waals surface area contributed by atoms with Crippen molar-refractivity contribution in [2.24, 2.45) is 0 Å². The van der Waals surface area contributed by atoms with E-state index in [-0.39, 0.29) is 5.25 Å². The quantitative estimate of drug-likeness (QED) is 0.844. The summed E-state index contributed by atoms with van der Waals surface area (Å²) in [7, 11) is -0.689. The lowest BCUT2D eigenvalue weighted by atomic mass is 10.2. The molecule has 0 N–H and O–H groups in total. The molecule has 18 heavy (non-hydrogen) atoms. The molecule has 4 nitrogen and oxygen atoms in total. The largest absolute Gasteiger partial charge is 0.444 e. The van der Waals surface area contributed by atoms with Crippen LogP contribution in [0.2, 0.25) is 0 Å². The minimum atomic E-state index is -0.689. The van der Waals surface area contributed by atoms with Crippen LogP contribution in [0.1, 0.15) is 45.3 Å². The second kappa shape index (κ2) is 5.53. The van der Waals surface area contributed by atoms with Crippen molar-refractivity contribution < 1.29 is 8.63 Å². The molecule has 2 heterocycles. The van der Waals surface area contributed by atoms with E-state index in [0.717, 1.165) is 30.5 Å². The predicted octanol–water partition coefficient (Wildman–Crippen LogP) is 2.14. The Balaban J connectivity index is 2.02. The number of hydrogen-bond donors (Lipinski definition) is 0. The molecule has 1 aliphatic rings. The van der Waals surface area contributed by atoms with Crippen molar-refractivity contribution >= 4 is 10.8 Å². The number of aromatic nitrogens is 1. The summed E-state index contributed by atoms with van der Waals surface area (Å²) < 4.78 is 17.5. The first kappa shape index (κ1) is 13.7. The molecule has 0 aromatic carbocycles. The molecule has 1 fully saturated rings. The highest BCUT2D eigenvalue weighted by molar-refractivity contribution is 7.85. The molecular weight excluding hydrogens is 248 g/mol. The monoisotopic (exact) mass is 270 g/mol. The van der Waals surface area contributed by atoms with E-state index < -0.39 is 10.8 Å². The molecule has 0 aliphatic carbocycles. The third-order valence-electron chi connectivity index (χ3n) is 3.73. The SMILES string of the molecule is CC(C)c1cnc(CN2CC[S@](=O)[C@H](C)[C@H]2C)o1. The van der Waals surface area contributed by atoms with Crippen molar-refractivity contribution in [2.75, 3.05) is 12.3 Å². The van der Waals surface area contributed by atoms with E-state index in [1.54, 1.807) is 0 Å². The fourth-order valence-corrected chi connectivity index (χ4v) is 3.57. The highest BCUT2D eigenvalue weighted by atomic mass is 32.2. The van der Waals surface area contributed by atoms with Crippen LogP contribution in [0.15, 0.2) is 10.6 Å². The van der Waals surface area contributed by atoms with Gasteiger partial charge in [-0.25, -0.2) is 4.98 Å². The Labute approximate surface area is 111 Å². The van der Waals surface area contributed by atoms with Gasteiger partial charge in [-0.2, -0.15) is 0 Å². The summed E-state index contributed by atoms with van der Waals surface area (Å²) in [6.07, 6.45) is 1.82. The molecule has 3 atom stereocenters. The Morgan fingerprint density at radius 2 is 2.28 bits per heavy atom. The molecule has 0 unspecified atom stereocenters. The lowest BCUT2D eigenvalue weighted by Crippen LogP contribution is -2.49. The average molecular weight is 270 g/mol. The van der Waals surface area contributed by atoms with E-state index in [1.807, 2.05) is 6.20 Å². The van der Waals surface area contributed by atoms with E-state index >= 15 is 0 Å². The summed E-state index contributed by atoms with van der Waals surface area (Å²) in [4.78, 5) is 6.63. The molecule has 1 aromatic heterocycles. The van der Waals surface area contributed by atoms with Gasteiger partial charge in [-0.1, -0.05) is 13.8 Å². The predicted molar refractivity (Wildman–Crippen MR) is 72.9 cm³/mol. The van der Waals surface area contributed by atoms with Crippen LogP contribution < -0.4 is 0 Å². The Morgan fingerprint density at radius 3 is 2.89 bits per heavy atom. The molecule has 0 saturated carbocycles. The Kier molecular flexibility index (Phi) is 4.22. The molecule has 1 saturated heterocycles. The molecule has 5 heteroatoms. The number of oxazole rings is 1. The van der Waals surface area contributed by atoms with Gasteiger partial charge < -0.3 is 4.42 Å². The summed E-state index contributed by atoms with van der Waals surface area (Å²) >= 11 is 0. The topological polar surface area (TPSA) is 46.3 Å². The first-order valence-corrected chi connectivity index (χ1v) is 7.93. The third-order valence-corrected chi connectivity index (χ3v) is 5.54. The van der Waals surface area contributed by atoms with Crippen molar-refractivity contribution in [3.63, 3.8) is 0 Å². The van der Waals surface area contributed by atoms with E-state index in [1.165, 1.54) is 0 Å². The molecule has 0 spiro atoms. The smallest absolute Gasteiger partial charge is 0.208 e.